The zero-order valence-electron chi connectivity index (χ0n) is 15.3. The quantitative estimate of drug-likeness (QED) is 0.558. The second-order valence-electron chi connectivity index (χ2n) is 6.21. The summed E-state index contributed by atoms with van der Waals surface area (Å²) in [5.74, 6) is 0.653. The molecule has 0 bridgehead atoms. The van der Waals surface area contributed by atoms with E-state index in [0.29, 0.717) is 31.9 Å². The summed E-state index contributed by atoms with van der Waals surface area (Å²) in [4.78, 5) is 10.4. The van der Waals surface area contributed by atoms with Crippen molar-refractivity contribution in [3.63, 3.8) is 0 Å². The maximum absolute atomic E-state index is 12.5. The molecular weight excluding hydrogens is 368 g/mol. The fourth-order valence-electron chi connectivity index (χ4n) is 2.97. The Bertz CT molecular complexity index is 831. The molecule has 1 aliphatic rings. The average Bonchev–Trinajstić information content (AvgIpc) is 3.18. The number of nitrogens with zero attached hydrogens (tertiary/aromatic N) is 5. The molecule has 27 heavy (non-hydrogen) atoms. The summed E-state index contributed by atoms with van der Waals surface area (Å²) in [6.45, 7) is 2.78. The van der Waals surface area contributed by atoms with Gasteiger partial charge >= 0.3 is 0 Å². The van der Waals surface area contributed by atoms with Crippen molar-refractivity contribution in [3.8, 4) is 0 Å². The summed E-state index contributed by atoms with van der Waals surface area (Å²) in [6.07, 6.45) is 5.81. The maximum atomic E-state index is 12.5. The van der Waals surface area contributed by atoms with Gasteiger partial charge in [0, 0.05) is 58.2 Å². The first kappa shape index (κ1) is 19.3. The Hall–Kier alpha value is -2.46. The highest BCUT2D eigenvalue weighted by Crippen LogP contribution is 2.12. The number of aliphatic imine (C=N–C) groups is 1. The van der Waals surface area contributed by atoms with Crippen molar-refractivity contribution in [2.75, 3.05) is 39.8 Å². The maximum Gasteiger partial charge on any atom is 0.220 e. The number of piperazine rings is 1. The zero-order chi connectivity index (χ0) is 19.1. The van der Waals surface area contributed by atoms with Crippen molar-refractivity contribution in [3.05, 3.63) is 48.1 Å². The summed E-state index contributed by atoms with van der Waals surface area (Å²) in [5.41, 5.74) is 1.63. The lowest BCUT2D eigenvalue weighted by Gasteiger charge is -2.35. The van der Waals surface area contributed by atoms with E-state index in [4.69, 9.17) is 4.52 Å². The summed E-state index contributed by atoms with van der Waals surface area (Å²) in [7, 11) is -1.66. The van der Waals surface area contributed by atoms with E-state index in [1.54, 1.807) is 25.5 Å². The van der Waals surface area contributed by atoms with Crippen LogP contribution in [-0.4, -0.2) is 73.5 Å². The molecule has 0 amide bonds. The molecule has 1 saturated heterocycles. The molecule has 10 heteroatoms. The van der Waals surface area contributed by atoms with E-state index in [2.05, 4.69) is 25.3 Å². The Kier molecular flexibility index (Phi) is 6.40. The van der Waals surface area contributed by atoms with Crippen molar-refractivity contribution in [2.45, 2.75) is 12.2 Å². The van der Waals surface area contributed by atoms with Gasteiger partial charge in [-0.25, -0.2) is 8.42 Å². The van der Waals surface area contributed by atoms with E-state index in [0.717, 1.165) is 18.9 Å². The number of rotatable bonds is 6. The molecule has 0 aromatic carbocycles. The van der Waals surface area contributed by atoms with Crippen LogP contribution in [-0.2, 0) is 22.2 Å². The van der Waals surface area contributed by atoms with Crippen LogP contribution in [0.5, 0.6) is 0 Å². The van der Waals surface area contributed by atoms with Gasteiger partial charge < -0.3 is 14.7 Å². The molecule has 0 saturated carbocycles. The molecule has 1 N–H and O–H groups in total. The minimum atomic E-state index is -3.40. The van der Waals surface area contributed by atoms with Gasteiger partial charge in [-0.1, -0.05) is 5.16 Å². The standard InChI is InChI=1S/C17H24N6O3S/c1-18-17(20-8-4-15-2-6-19-7-3-15)22-9-11-23(12-10-22)27(24,25)14-16-5-13-26-21-16/h2-3,5-7,13H,4,8-12,14H2,1H3,(H,18,20). The molecule has 146 valence electrons. The monoisotopic (exact) mass is 392 g/mol. The second kappa shape index (κ2) is 8.96. The number of nitrogens with one attached hydrogen (secondary N) is 1. The number of hydrogen-bond acceptors (Lipinski definition) is 6. The van der Waals surface area contributed by atoms with Crippen LogP contribution < -0.4 is 5.32 Å². The van der Waals surface area contributed by atoms with Crippen molar-refractivity contribution in [1.29, 1.82) is 0 Å². The molecule has 0 atom stereocenters. The minimum Gasteiger partial charge on any atom is -0.364 e. The highest BCUT2D eigenvalue weighted by molar-refractivity contribution is 7.88. The van der Waals surface area contributed by atoms with E-state index in [-0.39, 0.29) is 5.75 Å². The van der Waals surface area contributed by atoms with E-state index in [9.17, 15) is 8.42 Å². The first-order valence-electron chi connectivity index (χ1n) is 8.80. The largest absolute Gasteiger partial charge is 0.364 e. The molecular formula is C17H24N6O3S. The van der Waals surface area contributed by atoms with Gasteiger partial charge in [-0.3, -0.25) is 9.98 Å². The molecule has 1 aliphatic heterocycles. The minimum absolute atomic E-state index is 0.137. The zero-order valence-corrected chi connectivity index (χ0v) is 16.1. The molecule has 0 aliphatic carbocycles. The second-order valence-corrected chi connectivity index (χ2v) is 8.18. The molecule has 3 rings (SSSR count). The van der Waals surface area contributed by atoms with Gasteiger partial charge in [0.25, 0.3) is 0 Å². The molecule has 1 fully saturated rings. The number of pyridine rings is 1. The third kappa shape index (κ3) is 5.27. The van der Waals surface area contributed by atoms with Crippen LogP contribution in [0, 0.1) is 0 Å². The third-order valence-electron chi connectivity index (χ3n) is 4.41. The van der Waals surface area contributed by atoms with Crippen molar-refractivity contribution in [2.24, 2.45) is 4.99 Å². The molecule has 0 unspecified atom stereocenters. The number of guanidine groups is 1. The lowest BCUT2D eigenvalue weighted by Crippen LogP contribution is -2.54. The Morgan fingerprint density at radius 1 is 1.22 bits per heavy atom. The van der Waals surface area contributed by atoms with Gasteiger partial charge in [0.2, 0.25) is 10.0 Å². The fourth-order valence-corrected chi connectivity index (χ4v) is 4.39. The van der Waals surface area contributed by atoms with E-state index >= 15 is 0 Å². The van der Waals surface area contributed by atoms with Crippen molar-refractivity contribution < 1.29 is 12.9 Å². The van der Waals surface area contributed by atoms with Crippen LogP contribution in [0.4, 0.5) is 0 Å². The van der Waals surface area contributed by atoms with Gasteiger partial charge in [0.1, 0.15) is 12.0 Å². The lowest BCUT2D eigenvalue weighted by molar-refractivity contribution is 0.260. The van der Waals surface area contributed by atoms with Crippen LogP contribution in [0.1, 0.15) is 11.3 Å². The number of sulfonamides is 1. The smallest absolute Gasteiger partial charge is 0.220 e. The first-order chi connectivity index (χ1) is 13.1. The highest BCUT2D eigenvalue weighted by Gasteiger charge is 2.28. The van der Waals surface area contributed by atoms with Crippen LogP contribution >= 0.6 is 0 Å². The summed E-state index contributed by atoms with van der Waals surface area (Å²) < 4.78 is 31.2. The van der Waals surface area contributed by atoms with Crippen LogP contribution in [0.25, 0.3) is 0 Å². The van der Waals surface area contributed by atoms with Crippen molar-refractivity contribution >= 4 is 16.0 Å². The predicted octanol–water partition coefficient (Wildman–Crippen LogP) is 0.335. The molecule has 0 radical (unpaired) electrons. The van der Waals surface area contributed by atoms with Crippen molar-refractivity contribution in [1.82, 2.24) is 24.7 Å². The van der Waals surface area contributed by atoms with Crippen LogP contribution in [0.2, 0.25) is 0 Å². The molecule has 2 aromatic heterocycles. The Labute approximate surface area is 159 Å². The van der Waals surface area contributed by atoms with E-state index in [1.807, 2.05) is 12.1 Å². The summed E-state index contributed by atoms with van der Waals surface area (Å²) in [5, 5.41) is 7.03. The number of aromatic nitrogens is 2. The van der Waals surface area contributed by atoms with Gasteiger partial charge in [-0.15, -0.1) is 0 Å². The number of hydrogen-bond donors (Lipinski definition) is 1. The topological polar surface area (TPSA) is 104 Å². The normalized spacial score (nSPS) is 16.5. The molecule has 0 spiro atoms. The molecule has 3 heterocycles. The average molecular weight is 392 g/mol. The van der Waals surface area contributed by atoms with E-state index in [1.165, 1.54) is 16.1 Å². The summed E-state index contributed by atoms with van der Waals surface area (Å²) in [6, 6.07) is 5.55. The lowest BCUT2D eigenvalue weighted by atomic mass is 10.2. The molecule has 9 nitrogen and oxygen atoms in total. The van der Waals surface area contributed by atoms with Gasteiger partial charge in [-0.2, -0.15) is 4.31 Å². The summed E-state index contributed by atoms with van der Waals surface area (Å²) >= 11 is 0. The van der Waals surface area contributed by atoms with Crippen LogP contribution in [0.3, 0.4) is 0 Å². The Balaban J connectivity index is 1.48. The van der Waals surface area contributed by atoms with Gasteiger partial charge in [-0.05, 0) is 24.1 Å². The Morgan fingerprint density at radius 2 is 1.96 bits per heavy atom. The van der Waals surface area contributed by atoms with Gasteiger partial charge in [0.05, 0.1) is 5.69 Å². The third-order valence-corrected chi connectivity index (χ3v) is 6.22. The predicted molar refractivity (Wildman–Crippen MR) is 102 cm³/mol. The first-order valence-corrected chi connectivity index (χ1v) is 10.4. The fraction of sp³-hybridized carbons (Fsp3) is 0.471. The SMILES string of the molecule is CN=C(NCCc1ccncc1)N1CCN(S(=O)(=O)Cc2ccon2)CC1. The van der Waals surface area contributed by atoms with E-state index < -0.39 is 10.0 Å². The Morgan fingerprint density at radius 3 is 2.59 bits per heavy atom. The molecule has 2 aromatic rings. The van der Waals surface area contributed by atoms with Gasteiger partial charge in [0.15, 0.2) is 5.96 Å². The van der Waals surface area contributed by atoms with Crippen LogP contribution in [0.15, 0.2) is 46.4 Å². The highest BCUT2D eigenvalue weighted by atomic mass is 32.2.